The van der Waals surface area contributed by atoms with Crippen molar-refractivity contribution in [3.05, 3.63) is 17.5 Å². The van der Waals surface area contributed by atoms with Crippen molar-refractivity contribution in [2.45, 2.75) is 62.8 Å². The van der Waals surface area contributed by atoms with E-state index in [1.165, 1.54) is 6.07 Å². The van der Waals surface area contributed by atoms with Crippen LogP contribution in [0.4, 0.5) is 24.7 Å². The van der Waals surface area contributed by atoms with E-state index >= 15 is 0 Å². The number of nitrogens with two attached hydrogens (primary N) is 1. The molecule has 2 aromatic heterocycles. The van der Waals surface area contributed by atoms with Gasteiger partial charge in [-0.05, 0) is 38.2 Å². The zero-order valence-corrected chi connectivity index (χ0v) is 16.1. The van der Waals surface area contributed by atoms with Crippen molar-refractivity contribution >= 4 is 11.5 Å². The van der Waals surface area contributed by atoms with Crippen LogP contribution in [-0.4, -0.2) is 39.1 Å². The van der Waals surface area contributed by atoms with Crippen molar-refractivity contribution in [3.8, 4) is 17.7 Å². The van der Waals surface area contributed by atoms with E-state index in [4.69, 9.17) is 10.2 Å². The van der Waals surface area contributed by atoms with Gasteiger partial charge < -0.3 is 20.2 Å². The number of nitrogen functional groups attached to an aromatic ring is 1. The number of fused-ring (bicyclic) bond motifs is 7. The van der Waals surface area contributed by atoms with Crippen LogP contribution in [0.3, 0.4) is 0 Å². The lowest BCUT2D eigenvalue weighted by Crippen LogP contribution is -2.42. The Morgan fingerprint density at radius 2 is 2.00 bits per heavy atom. The molecule has 2 atom stereocenters. The van der Waals surface area contributed by atoms with Gasteiger partial charge in [-0.3, -0.25) is 0 Å². The van der Waals surface area contributed by atoms with Gasteiger partial charge in [0.15, 0.2) is 5.69 Å². The third kappa shape index (κ3) is 3.35. The molecule has 0 amide bonds. The number of pyridine rings is 1. The summed E-state index contributed by atoms with van der Waals surface area (Å²) in [4.78, 5) is 6.50. The van der Waals surface area contributed by atoms with Gasteiger partial charge in [0.2, 0.25) is 5.60 Å². The quantitative estimate of drug-likeness (QED) is 0.663. The van der Waals surface area contributed by atoms with Gasteiger partial charge in [0.05, 0.1) is 11.3 Å². The summed E-state index contributed by atoms with van der Waals surface area (Å²) >= 11 is 0. The van der Waals surface area contributed by atoms with Crippen molar-refractivity contribution in [1.29, 1.82) is 5.26 Å². The highest BCUT2D eigenvalue weighted by molar-refractivity contribution is 5.73. The summed E-state index contributed by atoms with van der Waals surface area (Å²) in [7, 11) is 0. The van der Waals surface area contributed by atoms with E-state index in [9.17, 15) is 23.5 Å². The van der Waals surface area contributed by atoms with Crippen LogP contribution in [0, 0.1) is 11.3 Å². The van der Waals surface area contributed by atoms with Crippen LogP contribution in [0.25, 0.3) is 11.6 Å². The number of hydrogen-bond acceptors (Lipinski definition) is 8. The van der Waals surface area contributed by atoms with Gasteiger partial charge in [-0.15, -0.1) is 10.2 Å². The third-order valence-electron chi connectivity index (χ3n) is 5.83. The van der Waals surface area contributed by atoms with Crippen LogP contribution in [-0.2, 0) is 5.60 Å². The maximum atomic E-state index is 13.7. The second kappa shape index (κ2) is 7.43. The average molecular weight is 422 g/mol. The molecule has 0 saturated carbocycles. The molecule has 1 fully saturated rings. The van der Waals surface area contributed by atoms with Crippen molar-refractivity contribution in [1.82, 2.24) is 15.2 Å². The number of hydrogen-bond donors (Lipinski definition) is 2. The van der Waals surface area contributed by atoms with Crippen molar-refractivity contribution in [2.24, 2.45) is 0 Å². The number of anilines is 2. The second-order valence-corrected chi connectivity index (χ2v) is 7.77. The minimum absolute atomic E-state index is 0.00464. The average Bonchev–Trinajstić information content (AvgIpc) is 3.35. The molecule has 8 nitrogen and oxygen atoms in total. The predicted octanol–water partition coefficient (Wildman–Crippen LogP) is 3.27. The zero-order valence-electron chi connectivity index (χ0n) is 16.1. The van der Waals surface area contributed by atoms with Gasteiger partial charge >= 0.3 is 6.18 Å². The van der Waals surface area contributed by atoms with Crippen molar-refractivity contribution < 1.29 is 22.7 Å². The first kappa shape index (κ1) is 20.4. The molecule has 2 aliphatic heterocycles. The number of aromatic nitrogens is 3. The van der Waals surface area contributed by atoms with Crippen LogP contribution in [0.1, 0.15) is 56.4 Å². The fraction of sp³-hybridized carbons (Fsp3) is 0.579. The van der Waals surface area contributed by atoms with Gasteiger partial charge in [0.25, 0.3) is 11.8 Å². The Balaban J connectivity index is 1.87. The topological polar surface area (TPSA) is 125 Å². The van der Waals surface area contributed by atoms with Gasteiger partial charge in [0, 0.05) is 12.6 Å². The van der Waals surface area contributed by atoms with E-state index < -0.39 is 24.1 Å². The lowest BCUT2D eigenvalue weighted by molar-refractivity contribution is -0.277. The standard InChI is InChI=1S/C19H21F3N6O2/c20-19(21,22)18(29)7-3-1-2-5-12-6-4-8-28(12)15-11(10-23)9-13(24)14(25-15)16-26-27-17(18)30-16/h9,12,29H,1-8,24H2/t12-,18?/m1/s1. The first-order valence-electron chi connectivity index (χ1n) is 9.85. The minimum atomic E-state index is -4.98. The summed E-state index contributed by atoms with van der Waals surface area (Å²) in [5.74, 6) is -0.857. The SMILES string of the molecule is N#Cc1cc(N)c2nc1N1CCC[C@H]1CCCCCC(O)(C(F)(F)F)c1nnc-2o1. The summed E-state index contributed by atoms with van der Waals surface area (Å²) in [6.45, 7) is 0.721. The van der Waals surface area contributed by atoms with E-state index in [2.05, 4.69) is 26.2 Å². The molecule has 0 spiro atoms. The second-order valence-electron chi connectivity index (χ2n) is 7.77. The van der Waals surface area contributed by atoms with Gasteiger partial charge in [-0.25, -0.2) is 4.98 Å². The number of halogens is 3. The summed E-state index contributed by atoms with van der Waals surface area (Å²) in [6.07, 6.45) is -1.62. The lowest BCUT2D eigenvalue weighted by Gasteiger charge is -2.28. The Morgan fingerprint density at radius 3 is 2.73 bits per heavy atom. The van der Waals surface area contributed by atoms with E-state index in [0.29, 0.717) is 18.7 Å². The van der Waals surface area contributed by atoms with Gasteiger partial charge in [-0.1, -0.05) is 12.8 Å². The maximum Gasteiger partial charge on any atom is 0.426 e. The molecule has 160 valence electrons. The summed E-state index contributed by atoms with van der Waals surface area (Å²) in [5, 5.41) is 27.1. The van der Waals surface area contributed by atoms with Crippen LogP contribution in [0.2, 0.25) is 0 Å². The number of alkyl halides is 3. The molecule has 1 saturated heterocycles. The van der Waals surface area contributed by atoms with Gasteiger partial charge in [0.1, 0.15) is 11.9 Å². The number of rotatable bonds is 0. The number of aliphatic hydroxyl groups is 1. The number of nitrogens with zero attached hydrogens (tertiary/aromatic N) is 5. The van der Waals surface area contributed by atoms with Crippen LogP contribution in [0.15, 0.2) is 10.5 Å². The van der Waals surface area contributed by atoms with E-state index in [-0.39, 0.29) is 35.3 Å². The van der Waals surface area contributed by atoms with Crippen molar-refractivity contribution in [3.63, 3.8) is 0 Å². The number of nitriles is 1. The molecule has 2 aromatic rings. The molecule has 1 unspecified atom stereocenters. The Labute approximate surface area is 170 Å². The molecule has 0 radical (unpaired) electrons. The zero-order chi connectivity index (χ0) is 21.5. The summed E-state index contributed by atoms with van der Waals surface area (Å²) in [5.41, 5.74) is 3.06. The van der Waals surface area contributed by atoms with Crippen LogP contribution >= 0.6 is 0 Å². The molecule has 30 heavy (non-hydrogen) atoms. The monoisotopic (exact) mass is 422 g/mol. The highest BCUT2D eigenvalue weighted by Crippen LogP contribution is 2.43. The van der Waals surface area contributed by atoms with Crippen molar-refractivity contribution in [2.75, 3.05) is 17.2 Å². The fourth-order valence-electron chi connectivity index (χ4n) is 4.20. The molecule has 4 bridgehead atoms. The molecular weight excluding hydrogens is 401 g/mol. The molecule has 2 aliphatic rings. The molecule has 0 aromatic carbocycles. The predicted molar refractivity (Wildman–Crippen MR) is 100 cm³/mol. The van der Waals surface area contributed by atoms with E-state index in [0.717, 1.165) is 25.8 Å². The normalized spacial score (nSPS) is 24.8. The minimum Gasteiger partial charge on any atom is -0.416 e. The Bertz CT molecular complexity index is 986. The van der Waals surface area contributed by atoms with E-state index in [1.807, 2.05) is 0 Å². The molecule has 0 aliphatic carbocycles. The van der Waals surface area contributed by atoms with Crippen LogP contribution in [0.5, 0.6) is 0 Å². The Kier molecular flexibility index (Phi) is 5.05. The third-order valence-corrected chi connectivity index (χ3v) is 5.83. The Hall–Kier alpha value is -2.87. The maximum absolute atomic E-state index is 13.7. The molecule has 4 heterocycles. The smallest absolute Gasteiger partial charge is 0.416 e. The molecular formula is C19H21F3N6O2. The highest BCUT2D eigenvalue weighted by atomic mass is 19.4. The van der Waals surface area contributed by atoms with Gasteiger partial charge in [-0.2, -0.15) is 18.4 Å². The summed E-state index contributed by atoms with van der Waals surface area (Å²) < 4.78 is 46.3. The fourth-order valence-corrected chi connectivity index (χ4v) is 4.20. The first-order chi connectivity index (χ1) is 14.2. The molecule has 11 heteroatoms. The molecule has 4 rings (SSSR count). The van der Waals surface area contributed by atoms with Crippen LogP contribution < -0.4 is 10.6 Å². The summed E-state index contributed by atoms with van der Waals surface area (Å²) in [6, 6.07) is 3.63. The first-order valence-corrected chi connectivity index (χ1v) is 9.85. The Morgan fingerprint density at radius 1 is 1.23 bits per heavy atom. The highest BCUT2D eigenvalue weighted by Gasteiger charge is 2.58. The lowest BCUT2D eigenvalue weighted by atomic mass is 9.94. The molecule has 3 N–H and O–H groups in total. The largest absolute Gasteiger partial charge is 0.426 e. The van der Waals surface area contributed by atoms with E-state index in [1.54, 1.807) is 0 Å².